The number of nitrogens with zero attached hydrogens (tertiary/aromatic N) is 8. The Bertz CT molecular complexity index is 1530. The van der Waals surface area contributed by atoms with Crippen LogP contribution in [0.5, 0.6) is 0 Å². The molecule has 6 rings (SSSR count). The van der Waals surface area contributed by atoms with E-state index in [0.29, 0.717) is 31.3 Å². The molecule has 2 saturated heterocycles. The molecule has 2 aromatic heterocycles. The molecule has 0 radical (unpaired) electrons. The molecule has 4 aliphatic rings. The first-order chi connectivity index (χ1) is 23.8. The van der Waals surface area contributed by atoms with Gasteiger partial charge in [0.25, 0.3) is 0 Å². The number of carbonyl (C=O) groups is 3. The molecule has 272 valence electrons. The molecule has 0 bridgehead atoms. The van der Waals surface area contributed by atoms with Gasteiger partial charge < -0.3 is 24.3 Å². The molecule has 6 heterocycles. The number of esters is 1. The largest absolute Gasteiger partial charge is 0.457 e. The third-order valence-corrected chi connectivity index (χ3v) is 9.48. The summed E-state index contributed by atoms with van der Waals surface area (Å²) < 4.78 is 6.22. The Kier molecular flexibility index (Phi) is 12.8. The number of hydrogen-bond acceptors (Lipinski definition) is 10. The maximum absolute atomic E-state index is 12.4. The fourth-order valence-corrected chi connectivity index (χ4v) is 6.39. The van der Waals surface area contributed by atoms with E-state index < -0.39 is 11.6 Å². The molecule has 0 saturated carbocycles. The summed E-state index contributed by atoms with van der Waals surface area (Å²) in [5, 5.41) is 5.72. The summed E-state index contributed by atoms with van der Waals surface area (Å²) in [6, 6.07) is 3.80. The quantitative estimate of drug-likeness (QED) is 0.306. The van der Waals surface area contributed by atoms with Crippen LogP contribution >= 0.6 is 15.9 Å². The van der Waals surface area contributed by atoms with Crippen LogP contribution in [-0.4, -0.2) is 156 Å². The van der Waals surface area contributed by atoms with E-state index in [-0.39, 0.29) is 12.1 Å². The zero-order chi connectivity index (χ0) is 35.8. The minimum Gasteiger partial charge on any atom is -0.457 e. The van der Waals surface area contributed by atoms with Gasteiger partial charge in [0.1, 0.15) is 17.2 Å². The van der Waals surface area contributed by atoms with Crippen molar-refractivity contribution in [2.45, 2.75) is 39.5 Å². The van der Waals surface area contributed by atoms with Gasteiger partial charge in [-0.2, -0.15) is 0 Å². The molecule has 4 aliphatic heterocycles. The highest BCUT2D eigenvalue weighted by atomic mass is 79.9. The molecule has 14 nitrogen and oxygen atoms in total. The highest BCUT2D eigenvalue weighted by Crippen LogP contribution is 2.25. The van der Waals surface area contributed by atoms with Crippen LogP contribution in [0.25, 0.3) is 6.08 Å². The molecule has 2 N–H and O–H groups in total. The van der Waals surface area contributed by atoms with Crippen molar-refractivity contribution in [1.82, 2.24) is 39.4 Å². The molecule has 0 atom stereocenters. The van der Waals surface area contributed by atoms with E-state index in [2.05, 4.69) is 70.2 Å². The van der Waals surface area contributed by atoms with E-state index in [1.165, 1.54) is 6.08 Å². The number of aromatic nitrogens is 2. The van der Waals surface area contributed by atoms with Crippen LogP contribution in [0.1, 0.15) is 37.5 Å². The van der Waals surface area contributed by atoms with Crippen LogP contribution in [-0.2, 0) is 22.6 Å². The number of fused-ring (bicyclic) bond motifs is 2. The Hall–Kier alpha value is -3.63. The maximum Gasteiger partial charge on any atom is 0.331 e. The van der Waals surface area contributed by atoms with Crippen molar-refractivity contribution in [3.63, 3.8) is 0 Å². The third kappa shape index (κ3) is 11.2. The fraction of sp³-hybridized carbons (Fsp3) is 0.571. The molecule has 15 heteroatoms. The number of nitrogens with one attached hydrogen (secondary N) is 2. The average molecular weight is 756 g/mol. The first kappa shape index (κ1) is 37.6. The van der Waals surface area contributed by atoms with E-state index >= 15 is 0 Å². The first-order valence-corrected chi connectivity index (χ1v) is 18.1. The van der Waals surface area contributed by atoms with Crippen LogP contribution in [0.15, 0.2) is 35.1 Å². The molecule has 4 amide bonds. The predicted octanol–water partition coefficient (Wildman–Crippen LogP) is 3.47. The number of amides is 4. The highest BCUT2D eigenvalue weighted by Gasteiger charge is 2.26. The molecule has 0 aliphatic carbocycles. The number of piperazine rings is 2. The van der Waals surface area contributed by atoms with Gasteiger partial charge in [0, 0.05) is 113 Å². The van der Waals surface area contributed by atoms with Crippen LogP contribution in [0.4, 0.5) is 21.2 Å². The Morgan fingerprint density at radius 1 is 0.780 bits per heavy atom. The van der Waals surface area contributed by atoms with Gasteiger partial charge in [-0.1, -0.05) is 0 Å². The van der Waals surface area contributed by atoms with Crippen molar-refractivity contribution in [3.05, 3.63) is 51.8 Å². The summed E-state index contributed by atoms with van der Waals surface area (Å²) in [6.07, 6.45) is 6.44. The van der Waals surface area contributed by atoms with Gasteiger partial charge in [-0.3, -0.25) is 20.4 Å². The van der Waals surface area contributed by atoms with Crippen molar-refractivity contribution < 1.29 is 19.1 Å². The molecular formula is C35H51BrN10O4. The van der Waals surface area contributed by atoms with E-state index in [1.807, 2.05) is 42.7 Å². The minimum atomic E-state index is -0.524. The zero-order valence-corrected chi connectivity index (χ0v) is 31.5. The normalized spacial score (nSPS) is 19.3. The summed E-state index contributed by atoms with van der Waals surface area (Å²) in [5.41, 5.74) is 2.27. The number of hydrogen-bond donors (Lipinski definition) is 2. The van der Waals surface area contributed by atoms with Crippen LogP contribution in [0.3, 0.4) is 0 Å². The lowest BCUT2D eigenvalue weighted by Gasteiger charge is -2.35. The number of pyridine rings is 2. The van der Waals surface area contributed by atoms with Crippen LogP contribution in [0.2, 0.25) is 0 Å². The molecule has 2 fully saturated rings. The van der Waals surface area contributed by atoms with Crippen molar-refractivity contribution >= 4 is 51.7 Å². The molecule has 2 aromatic rings. The lowest BCUT2D eigenvalue weighted by Crippen LogP contribution is -2.48. The molecule has 0 aromatic carbocycles. The van der Waals surface area contributed by atoms with Crippen molar-refractivity contribution in [1.29, 1.82) is 0 Å². The predicted molar refractivity (Wildman–Crippen MR) is 198 cm³/mol. The van der Waals surface area contributed by atoms with Gasteiger partial charge in [0.2, 0.25) is 0 Å². The van der Waals surface area contributed by atoms with E-state index in [1.54, 1.807) is 18.5 Å². The van der Waals surface area contributed by atoms with Crippen molar-refractivity contribution in [3.8, 4) is 0 Å². The average Bonchev–Trinajstić information content (AvgIpc) is 3.06. The van der Waals surface area contributed by atoms with Gasteiger partial charge >= 0.3 is 18.0 Å². The summed E-state index contributed by atoms with van der Waals surface area (Å²) >= 11 is 3.43. The van der Waals surface area contributed by atoms with Gasteiger partial charge in [-0.25, -0.2) is 24.4 Å². The van der Waals surface area contributed by atoms with Crippen LogP contribution in [0, 0.1) is 0 Å². The molecular weight excluding hydrogens is 704 g/mol. The number of anilines is 2. The summed E-state index contributed by atoms with van der Waals surface area (Å²) in [4.78, 5) is 58.1. The fourth-order valence-electron chi connectivity index (χ4n) is 6.01. The highest BCUT2D eigenvalue weighted by molar-refractivity contribution is 9.10. The molecule has 0 spiro atoms. The minimum absolute atomic E-state index is 0.0496. The Balaban J connectivity index is 0.000000204. The lowest BCUT2D eigenvalue weighted by atomic mass is 10.1. The number of ether oxygens (including phenoxy) is 1. The maximum atomic E-state index is 12.4. The summed E-state index contributed by atoms with van der Waals surface area (Å²) in [6.45, 7) is 18.4. The SMILES string of the molecule is CN1CCN(CCN2Cc3cc(/C=C/C(=O)OC(C)(C)C)cnc3NC2=O)CC1.CN1CCN(CCN2Cc3cc(Br)cnc3NC2=O)CC1. The second-order valence-corrected chi connectivity index (χ2v) is 15.2. The van der Waals surface area contributed by atoms with Crippen LogP contribution < -0.4 is 10.6 Å². The number of urea groups is 2. The second kappa shape index (κ2) is 17.1. The number of halogens is 1. The summed E-state index contributed by atoms with van der Waals surface area (Å²) in [7, 11) is 4.28. The summed E-state index contributed by atoms with van der Waals surface area (Å²) in [5.74, 6) is 0.872. The van der Waals surface area contributed by atoms with Gasteiger partial charge in [-0.15, -0.1) is 0 Å². The lowest BCUT2D eigenvalue weighted by molar-refractivity contribution is -0.148. The third-order valence-electron chi connectivity index (χ3n) is 9.05. The van der Waals surface area contributed by atoms with E-state index in [0.717, 1.165) is 93.2 Å². The van der Waals surface area contributed by atoms with Gasteiger partial charge in [-0.05, 0) is 74.6 Å². The topological polar surface area (TPSA) is 130 Å². The Morgan fingerprint density at radius 2 is 1.26 bits per heavy atom. The van der Waals surface area contributed by atoms with Crippen molar-refractivity contribution in [2.75, 3.05) is 103 Å². The van der Waals surface area contributed by atoms with Gasteiger partial charge in [0.05, 0.1) is 13.1 Å². The number of likely N-dealkylation sites (N-methyl/N-ethyl adjacent to an activating group) is 2. The monoisotopic (exact) mass is 754 g/mol. The Morgan fingerprint density at radius 3 is 1.76 bits per heavy atom. The molecule has 0 unspecified atom stereocenters. The van der Waals surface area contributed by atoms with Crippen molar-refractivity contribution in [2.24, 2.45) is 0 Å². The number of carbonyl (C=O) groups excluding carboxylic acids is 3. The smallest absolute Gasteiger partial charge is 0.331 e. The zero-order valence-electron chi connectivity index (χ0n) is 30.0. The van der Waals surface area contributed by atoms with Gasteiger partial charge in [0.15, 0.2) is 0 Å². The van der Waals surface area contributed by atoms with E-state index in [4.69, 9.17) is 4.74 Å². The Labute approximate surface area is 303 Å². The first-order valence-electron chi connectivity index (χ1n) is 17.3. The number of rotatable bonds is 8. The second-order valence-electron chi connectivity index (χ2n) is 14.3. The molecule has 50 heavy (non-hydrogen) atoms. The standard InChI is InChI=1S/C21H31N5O3.C14H20BrN5O/c1-21(2,3)29-18(27)6-5-16-13-17-15-26(20(28)23-19(17)22-14-16)12-11-25-9-7-24(4)8-10-25;1-18-2-4-19(5-3-18)6-7-20-10-11-8-12(15)9-16-13(11)17-14(20)21/h5-6,13-14H,7-12,15H2,1-4H3,(H,22,23,28);8-9H,2-7,10H2,1H3,(H,16,17,21)/b6-5+;. The van der Waals surface area contributed by atoms with E-state index in [9.17, 15) is 14.4 Å².